The van der Waals surface area contributed by atoms with Crippen molar-refractivity contribution in [1.82, 2.24) is 0 Å². The summed E-state index contributed by atoms with van der Waals surface area (Å²) in [7, 11) is 0. The molecule has 0 radical (unpaired) electrons. The van der Waals surface area contributed by atoms with Gasteiger partial charge < -0.3 is 9.47 Å². The zero-order valence-corrected chi connectivity index (χ0v) is 15.0. The number of carbonyl (C=O) groups excluding carboxylic acids is 2. The fraction of sp³-hybridized carbons (Fsp3) is 0.238. The van der Waals surface area contributed by atoms with Crippen molar-refractivity contribution in [3.05, 3.63) is 70.8 Å². The van der Waals surface area contributed by atoms with Crippen molar-refractivity contribution < 1.29 is 19.1 Å². The summed E-state index contributed by atoms with van der Waals surface area (Å²) in [5, 5.41) is 0. The van der Waals surface area contributed by atoms with Gasteiger partial charge in [-0.2, -0.15) is 0 Å². The molecule has 0 atom stereocenters. The summed E-state index contributed by atoms with van der Waals surface area (Å²) in [5.41, 5.74) is 3.86. The Morgan fingerprint density at radius 2 is 1.32 bits per heavy atom. The fourth-order valence-electron chi connectivity index (χ4n) is 2.25. The summed E-state index contributed by atoms with van der Waals surface area (Å²) >= 11 is 0. The Morgan fingerprint density at radius 1 is 0.840 bits per heavy atom. The fourth-order valence-corrected chi connectivity index (χ4v) is 2.25. The standard InChI is InChI=1S/C21H22O4/c1-13-8-6-10-18(16(13)4)24-20(22)12-15(3)21(23)25-19-11-7-9-14(2)17(19)5/h6-11H,3,12H2,1-2,4-5H3. The third-order valence-corrected chi connectivity index (χ3v) is 4.18. The van der Waals surface area contributed by atoms with Crippen LogP contribution in [0.15, 0.2) is 48.6 Å². The highest BCUT2D eigenvalue weighted by atomic mass is 16.5. The minimum Gasteiger partial charge on any atom is -0.426 e. The first-order chi connectivity index (χ1) is 11.8. The molecule has 25 heavy (non-hydrogen) atoms. The number of hydrogen-bond acceptors (Lipinski definition) is 4. The van der Waals surface area contributed by atoms with Crippen LogP contribution in [0, 0.1) is 27.7 Å². The molecule has 0 aromatic heterocycles. The van der Waals surface area contributed by atoms with Crippen LogP contribution in [-0.2, 0) is 9.59 Å². The average Bonchev–Trinajstić information content (AvgIpc) is 2.56. The van der Waals surface area contributed by atoms with E-state index >= 15 is 0 Å². The van der Waals surface area contributed by atoms with Gasteiger partial charge in [-0.1, -0.05) is 30.8 Å². The van der Waals surface area contributed by atoms with Crippen LogP contribution in [0.2, 0.25) is 0 Å². The highest BCUT2D eigenvalue weighted by molar-refractivity contribution is 5.95. The van der Waals surface area contributed by atoms with E-state index in [0.29, 0.717) is 11.5 Å². The van der Waals surface area contributed by atoms with E-state index in [4.69, 9.17) is 9.47 Å². The van der Waals surface area contributed by atoms with Gasteiger partial charge in [0.05, 0.1) is 6.42 Å². The van der Waals surface area contributed by atoms with Crippen molar-refractivity contribution in [1.29, 1.82) is 0 Å². The Hall–Kier alpha value is -2.88. The van der Waals surface area contributed by atoms with E-state index in [2.05, 4.69) is 6.58 Å². The van der Waals surface area contributed by atoms with Crippen LogP contribution in [0.4, 0.5) is 0 Å². The first-order valence-electron chi connectivity index (χ1n) is 8.02. The average molecular weight is 338 g/mol. The molecule has 0 saturated heterocycles. The van der Waals surface area contributed by atoms with Crippen molar-refractivity contribution >= 4 is 11.9 Å². The molecule has 4 heteroatoms. The molecule has 0 aliphatic rings. The van der Waals surface area contributed by atoms with Crippen LogP contribution >= 0.6 is 0 Å². The molecule has 2 rings (SSSR count). The summed E-state index contributed by atoms with van der Waals surface area (Å²) in [6.07, 6.45) is -0.225. The third kappa shape index (κ3) is 4.57. The number of aryl methyl sites for hydroxylation is 2. The quantitative estimate of drug-likeness (QED) is 0.461. The second-order valence-corrected chi connectivity index (χ2v) is 6.04. The molecule has 0 spiro atoms. The molecule has 0 bridgehead atoms. The van der Waals surface area contributed by atoms with Gasteiger partial charge in [0.2, 0.25) is 0 Å². The number of hydrogen-bond donors (Lipinski definition) is 0. The number of carbonyl (C=O) groups is 2. The summed E-state index contributed by atoms with van der Waals surface area (Å²) in [5.74, 6) is -0.224. The van der Waals surface area contributed by atoms with Gasteiger partial charge in [0.1, 0.15) is 11.5 Å². The highest BCUT2D eigenvalue weighted by Gasteiger charge is 2.17. The predicted molar refractivity (Wildman–Crippen MR) is 96.9 cm³/mol. The first kappa shape index (κ1) is 18.5. The molecule has 0 unspecified atom stereocenters. The summed E-state index contributed by atoms with van der Waals surface area (Å²) in [4.78, 5) is 24.2. The summed E-state index contributed by atoms with van der Waals surface area (Å²) < 4.78 is 10.7. The largest absolute Gasteiger partial charge is 0.426 e. The maximum atomic E-state index is 12.2. The van der Waals surface area contributed by atoms with Gasteiger partial charge in [-0.15, -0.1) is 0 Å². The van der Waals surface area contributed by atoms with Crippen molar-refractivity contribution in [2.24, 2.45) is 0 Å². The van der Waals surface area contributed by atoms with Crippen LogP contribution in [0.3, 0.4) is 0 Å². The molecule has 0 heterocycles. The molecule has 0 saturated carbocycles. The molecule has 0 N–H and O–H groups in total. The minimum absolute atomic E-state index is 0.0520. The number of benzene rings is 2. The molecule has 0 fully saturated rings. The Labute approximate surface area is 148 Å². The van der Waals surface area contributed by atoms with Crippen LogP contribution in [0.1, 0.15) is 28.7 Å². The van der Waals surface area contributed by atoms with Crippen molar-refractivity contribution in [3.63, 3.8) is 0 Å². The SMILES string of the molecule is C=C(CC(=O)Oc1cccc(C)c1C)C(=O)Oc1cccc(C)c1C. The van der Waals surface area contributed by atoms with Crippen LogP contribution < -0.4 is 9.47 Å². The molecule has 0 aliphatic heterocycles. The maximum Gasteiger partial charge on any atom is 0.339 e. The topological polar surface area (TPSA) is 52.6 Å². The third-order valence-electron chi connectivity index (χ3n) is 4.18. The van der Waals surface area contributed by atoms with Gasteiger partial charge in [0.25, 0.3) is 0 Å². The second kappa shape index (κ2) is 7.79. The van der Waals surface area contributed by atoms with E-state index in [0.717, 1.165) is 22.3 Å². The lowest BCUT2D eigenvalue weighted by Gasteiger charge is -2.11. The first-order valence-corrected chi connectivity index (χ1v) is 8.02. The monoisotopic (exact) mass is 338 g/mol. The summed E-state index contributed by atoms with van der Waals surface area (Å²) in [6, 6.07) is 10.9. The smallest absolute Gasteiger partial charge is 0.339 e. The van der Waals surface area contributed by atoms with Gasteiger partial charge in [-0.3, -0.25) is 4.79 Å². The lowest BCUT2D eigenvalue weighted by molar-refractivity contribution is -0.136. The molecule has 2 aromatic rings. The van der Waals surface area contributed by atoms with E-state index in [1.807, 2.05) is 52.0 Å². The second-order valence-electron chi connectivity index (χ2n) is 6.04. The van der Waals surface area contributed by atoms with Crippen LogP contribution in [0.25, 0.3) is 0 Å². The van der Waals surface area contributed by atoms with Crippen molar-refractivity contribution in [3.8, 4) is 11.5 Å². The van der Waals surface area contributed by atoms with Gasteiger partial charge in [0.15, 0.2) is 0 Å². The van der Waals surface area contributed by atoms with E-state index in [1.54, 1.807) is 12.1 Å². The molecular formula is C21H22O4. The molecule has 4 nitrogen and oxygen atoms in total. The highest BCUT2D eigenvalue weighted by Crippen LogP contribution is 2.23. The normalized spacial score (nSPS) is 10.2. The van der Waals surface area contributed by atoms with Crippen LogP contribution in [0.5, 0.6) is 11.5 Å². The van der Waals surface area contributed by atoms with Crippen LogP contribution in [-0.4, -0.2) is 11.9 Å². The Morgan fingerprint density at radius 3 is 1.84 bits per heavy atom. The zero-order valence-electron chi connectivity index (χ0n) is 15.0. The lowest BCUT2D eigenvalue weighted by atomic mass is 10.1. The van der Waals surface area contributed by atoms with Crippen molar-refractivity contribution in [2.45, 2.75) is 34.1 Å². The van der Waals surface area contributed by atoms with E-state index in [9.17, 15) is 9.59 Å². The molecule has 0 amide bonds. The van der Waals surface area contributed by atoms with Gasteiger partial charge >= 0.3 is 11.9 Å². The Bertz CT molecular complexity index is 834. The van der Waals surface area contributed by atoms with E-state index in [1.165, 1.54) is 0 Å². The predicted octanol–water partition coefficient (Wildman–Crippen LogP) is 4.38. The van der Waals surface area contributed by atoms with E-state index < -0.39 is 11.9 Å². The van der Waals surface area contributed by atoms with E-state index in [-0.39, 0.29) is 12.0 Å². The van der Waals surface area contributed by atoms with Gasteiger partial charge in [-0.25, -0.2) is 4.79 Å². The molecule has 2 aromatic carbocycles. The molecular weight excluding hydrogens is 316 g/mol. The molecule has 0 aliphatic carbocycles. The van der Waals surface area contributed by atoms with Gasteiger partial charge in [0, 0.05) is 5.57 Å². The molecule has 130 valence electrons. The maximum absolute atomic E-state index is 12.2. The minimum atomic E-state index is -0.633. The van der Waals surface area contributed by atoms with Crippen molar-refractivity contribution in [2.75, 3.05) is 0 Å². The summed E-state index contributed by atoms with van der Waals surface area (Å²) in [6.45, 7) is 11.3. The lowest BCUT2D eigenvalue weighted by Crippen LogP contribution is -2.17. The number of ether oxygens (including phenoxy) is 2. The Kier molecular flexibility index (Phi) is 5.75. The number of esters is 2. The van der Waals surface area contributed by atoms with Gasteiger partial charge in [-0.05, 0) is 62.1 Å². The number of rotatable bonds is 5. The Balaban J connectivity index is 1.99. The zero-order chi connectivity index (χ0) is 18.6.